The Morgan fingerprint density at radius 1 is 1.19 bits per heavy atom. The molecule has 0 saturated carbocycles. The van der Waals surface area contributed by atoms with Crippen LogP contribution in [-0.2, 0) is 0 Å². The van der Waals surface area contributed by atoms with E-state index in [-0.39, 0.29) is 5.69 Å². The quantitative estimate of drug-likeness (QED) is 0.400. The molecule has 1 aromatic heterocycles. The maximum Gasteiger partial charge on any atom is 0.281 e. The normalized spacial score (nSPS) is 11.3. The first-order chi connectivity index (χ1) is 12.9. The third kappa shape index (κ3) is 3.77. The van der Waals surface area contributed by atoms with Crippen molar-refractivity contribution in [2.75, 3.05) is 19.0 Å². The van der Waals surface area contributed by atoms with E-state index < -0.39 is 4.92 Å². The molecule has 134 valence electrons. The van der Waals surface area contributed by atoms with Gasteiger partial charge in [0.2, 0.25) is 0 Å². The predicted octanol–water partition coefficient (Wildman–Crippen LogP) is 4.00. The third-order valence-corrected chi connectivity index (χ3v) is 4.30. The van der Waals surface area contributed by atoms with E-state index in [0.717, 1.165) is 27.8 Å². The zero-order valence-corrected chi connectivity index (χ0v) is 15.4. The minimum absolute atomic E-state index is 0.000529. The Morgan fingerprint density at radius 2 is 1.89 bits per heavy atom. The van der Waals surface area contributed by atoms with Crippen molar-refractivity contribution in [3.8, 4) is 6.07 Å². The van der Waals surface area contributed by atoms with Gasteiger partial charge in [0.1, 0.15) is 5.52 Å². The summed E-state index contributed by atoms with van der Waals surface area (Å²) in [5.74, 6) is 0.878. The number of allylic oxidation sites excluding steroid dienone is 1. The second-order valence-corrected chi connectivity index (χ2v) is 6.53. The van der Waals surface area contributed by atoms with Gasteiger partial charge in [-0.3, -0.25) is 15.0 Å². The first-order valence-corrected chi connectivity index (χ1v) is 8.39. The summed E-state index contributed by atoms with van der Waals surface area (Å²) in [7, 11) is 3.87. The number of nitro groups is 1. The first-order valence-electron chi connectivity index (χ1n) is 8.39. The summed E-state index contributed by atoms with van der Waals surface area (Å²) in [5, 5.41) is 21.5. The number of aryl methyl sites for hydroxylation is 1. The van der Waals surface area contributed by atoms with Gasteiger partial charge in [0.15, 0.2) is 0 Å². The number of hydrogen-bond acceptors (Lipinski definition) is 4. The van der Waals surface area contributed by atoms with E-state index >= 15 is 0 Å². The molecule has 0 radical (unpaired) electrons. The van der Waals surface area contributed by atoms with Crippen molar-refractivity contribution >= 4 is 34.1 Å². The lowest BCUT2D eigenvalue weighted by atomic mass is 10.0. The number of benzene rings is 2. The zero-order valence-electron chi connectivity index (χ0n) is 15.4. The Balaban J connectivity index is 2.14. The number of nitrogens with zero attached hydrogens (tertiary/aromatic N) is 3. The number of nitro benzene ring substituents is 1. The van der Waals surface area contributed by atoms with Crippen LogP contribution >= 0.6 is 0 Å². The van der Waals surface area contributed by atoms with E-state index in [1.165, 1.54) is 12.1 Å². The molecule has 1 N–H and O–H groups in total. The molecule has 0 aliphatic rings. The van der Waals surface area contributed by atoms with Crippen LogP contribution in [0.25, 0.3) is 22.6 Å². The maximum atomic E-state index is 10.8. The molecule has 0 bridgehead atoms. The molecule has 0 aliphatic heterocycles. The van der Waals surface area contributed by atoms with Crippen molar-refractivity contribution < 1.29 is 9.91 Å². The van der Waals surface area contributed by atoms with Gasteiger partial charge >= 0.3 is 0 Å². The zero-order chi connectivity index (χ0) is 19.6. The molecule has 0 amide bonds. The number of aromatic amines is 1. The number of rotatable bonds is 4. The Bertz CT molecular complexity index is 1090. The molecule has 0 saturated heterocycles. The number of aromatic nitrogens is 1. The second-order valence-electron chi connectivity index (χ2n) is 6.53. The lowest BCUT2D eigenvalue weighted by Gasteiger charge is -2.10. The van der Waals surface area contributed by atoms with Crippen molar-refractivity contribution in [2.45, 2.75) is 6.92 Å². The van der Waals surface area contributed by atoms with Gasteiger partial charge in [0, 0.05) is 17.5 Å². The number of fused-ring (bicyclic) bond motifs is 1. The van der Waals surface area contributed by atoms with Crippen LogP contribution < -0.4 is 9.88 Å². The molecule has 1 heterocycles. The second kappa shape index (κ2) is 7.26. The summed E-state index contributed by atoms with van der Waals surface area (Å²) in [6.45, 7) is 2.04. The lowest BCUT2D eigenvalue weighted by molar-refractivity contribution is -0.384. The number of H-pyrrole nitrogens is 1. The summed E-state index contributed by atoms with van der Waals surface area (Å²) in [6, 6.07) is 16.4. The molecule has 27 heavy (non-hydrogen) atoms. The molecule has 6 nitrogen and oxygen atoms in total. The highest BCUT2D eigenvalue weighted by Crippen LogP contribution is 2.26. The fraction of sp³-hybridized carbons (Fsp3) is 0.143. The van der Waals surface area contributed by atoms with E-state index in [1.807, 2.05) is 44.1 Å². The highest BCUT2D eigenvalue weighted by Gasteiger charge is 2.15. The average molecular weight is 359 g/mol. The van der Waals surface area contributed by atoms with Gasteiger partial charge in [-0.2, -0.15) is 5.26 Å². The number of hydrogen-bond donors (Lipinski definition) is 0. The largest absolute Gasteiger partial charge is 0.281 e. The standard InChI is InChI=1S/C21H18N4O2/c1-14-4-5-16-11-17(21(24(2)3)23-20(16)10-14)12-18(13-22)15-6-8-19(9-7-15)25(26)27/h4-12H,1-3H3/p+1/b18-12-. The number of anilines is 1. The SMILES string of the molecule is Cc1ccc2cc(/C=C(/C#N)c3ccc([N+](=O)[O-])cc3)c(N(C)C)[nH+]c2c1. The van der Waals surface area contributed by atoms with Crippen molar-refractivity contribution in [1.82, 2.24) is 0 Å². The molecule has 6 heteroatoms. The summed E-state index contributed by atoms with van der Waals surface area (Å²) in [6.07, 6.45) is 1.80. The first kappa shape index (κ1) is 18.1. The van der Waals surface area contributed by atoms with Crippen LogP contribution in [0.2, 0.25) is 0 Å². The maximum absolute atomic E-state index is 10.8. The van der Waals surface area contributed by atoms with Crippen LogP contribution in [0.5, 0.6) is 0 Å². The van der Waals surface area contributed by atoms with Crippen LogP contribution in [0.3, 0.4) is 0 Å². The van der Waals surface area contributed by atoms with E-state index in [9.17, 15) is 15.4 Å². The van der Waals surface area contributed by atoms with Gasteiger partial charge in [0.05, 0.1) is 36.2 Å². The van der Waals surface area contributed by atoms with Gasteiger partial charge in [0.25, 0.3) is 11.5 Å². The summed E-state index contributed by atoms with van der Waals surface area (Å²) in [4.78, 5) is 15.8. The van der Waals surface area contributed by atoms with E-state index in [4.69, 9.17) is 0 Å². The average Bonchev–Trinajstić information content (AvgIpc) is 2.65. The van der Waals surface area contributed by atoms with Gasteiger partial charge in [-0.15, -0.1) is 0 Å². The van der Waals surface area contributed by atoms with Crippen molar-refractivity contribution in [1.29, 1.82) is 5.26 Å². The molecule has 0 aliphatic carbocycles. The molecule has 2 aromatic carbocycles. The van der Waals surface area contributed by atoms with Gasteiger partial charge in [-0.25, -0.2) is 4.98 Å². The molecule has 0 atom stereocenters. The predicted molar refractivity (Wildman–Crippen MR) is 106 cm³/mol. The van der Waals surface area contributed by atoms with Crippen molar-refractivity contribution in [2.24, 2.45) is 0 Å². The molecule has 0 unspecified atom stereocenters. The summed E-state index contributed by atoms with van der Waals surface area (Å²) in [5.41, 5.74) is 4.12. The number of nitrogens with one attached hydrogen (secondary N) is 1. The minimum atomic E-state index is -0.454. The van der Waals surface area contributed by atoms with Crippen LogP contribution in [0.1, 0.15) is 16.7 Å². The minimum Gasteiger partial charge on any atom is -0.267 e. The van der Waals surface area contributed by atoms with Gasteiger partial charge in [-0.1, -0.05) is 12.1 Å². The topological polar surface area (TPSA) is 84.3 Å². The van der Waals surface area contributed by atoms with Crippen LogP contribution in [0.15, 0.2) is 48.5 Å². The van der Waals surface area contributed by atoms with Crippen molar-refractivity contribution in [3.63, 3.8) is 0 Å². The Morgan fingerprint density at radius 3 is 2.48 bits per heavy atom. The summed E-state index contributed by atoms with van der Waals surface area (Å²) >= 11 is 0. The Kier molecular flexibility index (Phi) is 4.86. The monoisotopic (exact) mass is 359 g/mol. The van der Waals surface area contributed by atoms with Crippen LogP contribution in [-0.4, -0.2) is 19.0 Å². The van der Waals surface area contributed by atoms with Gasteiger partial charge < -0.3 is 0 Å². The lowest BCUT2D eigenvalue weighted by Crippen LogP contribution is -2.22. The van der Waals surface area contributed by atoms with E-state index in [2.05, 4.69) is 17.1 Å². The molecular weight excluding hydrogens is 340 g/mol. The number of pyridine rings is 1. The smallest absolute Gasteiger partial charge is 0.267 e. The summed E-state index contributed by atoms with van der Waals surface area (Å²) < 4.78 is 0. The fourth-order valence-corrected chi connectivity index (χ4v) is 2.92. The van der Waals surface area contributed by atoms with E-state index in [1.54, 1.807) is 18.2 Å². The molecule has 3 aromatic rings. The third-order valence-electron chi connectivity index (χ3n) is 4.30. The molecular formula is C21H19N4O2+. The van der Waals surface area contributed by atoms with Crippen molar-refractivity contribution in [3.05, 3.63) is 75.3 Å². The van der Waals surface area contributed by atoms with Crippen LogP contribution in [0.4, 0.5) is 11.5 Å². The highest BCUT2D eigenvalue weighted by atomic mass is 16.6. The van der Waals surface area contributed by atoms with E-state index in [0.29, 0.717) is 11.1 Å². The molecule has 3 rings (SSSR count). The van der Waals surface area contributed by atoms with Crippen LogP contribution in [0, 0.1) is 28.4 Å². The fourth-order valence-electron chi connectivity index (χ4n) is 2.92. The Labute approximate surface area is 157 Å². The highest BCUT2D eigenvalue weighted by molar-refractivity contribution is 5.93. The van der Waals surface area contributed by atoms with Gasteiger partial charge in [-0.05, 0) is 48.4 Å². The Hall–Kier alpha value is -3.72. The number of nitriles is 1. The number of non-ortho nitro benzene ring substituents is 1. The molecule has 0 spiro atoms. The molecule has 0 fully saturated rings.